The third-order valence-corrected chi connectivity index (χ3v) is 2.64. The molecule has 0 saturated carbocycles. The molecule has 1 unspecified atom stereocenters. The minimum atomic E-state index is -4.29. The van der Waals surface area contributed by atoms with E-state index in [1.165, 1.54) is 6.07 Å². The van der Waals surface area contributed by atoms with E-state index in [0.717, 1.165) is 18.6 Å². The van der Waals surface area contributed by atoms with Crippen LogP contribution in [0.15, 0.2) is 24.3 Å². The number of aliphatic hydroxyl groups excluding tert-OH is 1. The molecular weight excluding hydrogens is 229 g/mol. The fourth-order valence-electron chi connectivity index (χ4n) is 1.71. The number of halogens is 3. The number of aliphatic hydroxyl groups is 1. The summed E-state index contributed by atoms with van der Waals surface area (Å²) in [7, 11) is 0. The van der Waals surface area contributed by atoms with Crippen molar-refractivity contribution in [1.82, 2.24) is 0 Å². The number of rotatable bonds is 5. The molecule has 96 valence electrons. The highest BCUT2D eigenvalue weighted by Crippen LogP contribution is 2.29. The summed E-state index contributed by atoms with van der Waals surface area (Å²) in [6, 6.07) is 5.28. The zero-order valence-electron chi connectivity index (χ0n) is 9.80. The van der Waals surface area contributed by atoms with Crippen molar-refractivity contribution in [3.63, 3.8) is 0 Å². The third-order valence-electron chi connectivity index (χ3n) is 2.64. The van der Waals surface area contributed by atoms with Crippen LogP contribution < -0.4 is 0 Å². The summed E-state index contributed by atoms with van der Waals surface area (Å²) in [6.07, 6.45) is -2.16. The van der Waals surface area contributed by atoms with E-state index in [-0.39, 0.29) is 0 Å². The molecule has 0 spiro atoms. The molecule has 0 amide bonds. The Hall–Kier alpha value is -1.03. The van der Waals surface area contributed by atoms with Gasteiger partial charge in [0.05, 0.1) is 11.7 Å². The van der Waals surface area contributed by atoms with E-state index in [1.54, 1.807) is 6.07 Å². The summed E-state index contributed by atoms with van der Waals surface area (Å²) in [5.74, 6) is 0. The molecule has 0 aliphatic heterocycles. The van der Waals surface area contributed by atoms with Crippen LogP contribution in [0.2, 0.25) is 0 Å². The second kappa shape index (κ2) is 6.05. The molecule has 1 rings (SSSR count). The fraction of sp³-hybridized carbons (Fsp3) is 0.538. The molecule has 0 aromatic heterocycles. The van der Waals surface area contributed by atoms with Crippen LogP contribution in [0.3, 0.4) is 0 Å². The number of aryl methyl sites for hydroxylation is 1. The number of hydrogen-bond acceptors (Lipinski definition) is 1. The van der Waals surface area contributed by atoms with Crippen LogP contribution in [0.5, 0.6) is 0 Å². The van der Waals surface area contributed by atoms with Gasteiger partial charge in [0, 0.05) is 0 Å². The molecule has 17 heavy (non-hydrogen) atoms. The zero-order valence-corrected chi connectivity index (χ0v) is 9.80. The fourth-order valence-corrected chi connectivity index (χ4v) is 1.71. The first-order valence-electron chi connectivity index (χ1n) is 5.77. The number of benzene rings is 1. The lowest BCUT2D eigenvalue weighted by Crippen LogP contribution is -2.08. The number of alkyl halides is 3. The summed E-state index contributed by atoms with van der Waals surface area (Å²) >= 11 is 0. The first-order chi connectivity index (χ1) is 7.93. The molecule has 0 radical (unpaired) electrons. The molecule has 1 N–H and O–H groups in total. The topological polar surface area (TPSA) is 20.2 Å². The van der Waals surface area contributed by atoms with Gasteiger partial charge in [0.1, 0.15) is 0 Å². The van der Waals surface area contributed by atoms with Gasteiger partial charge >= 0.3 is 6.18 Å². The highest BCUT2D eigenvalue weighted by molar-refractivity contribution is 5.25. The van der Waals surface area contributed by atoms with Crippen LogP contribution >= 0.6 is 0 Å². The molecule has 0 heterocycles. The van der Waals surface area contributed by atoms with Gasteiger partial charge in [-0.25, -0.2) is 0 Å². The van der Waals surface area contributed by atoms with Gasteiger partial charge in [-0.05, 0) is 30.9 Å². The zero-order chi connectivity index (χ0) is 12.9. The quantitative estimate of drug-likeness (QED) is 0.837. The Morgan fingerprint density at radius 2 is 1.94 bits per heavy atom. The van der Waals surface area contributed by atoms with Crippen molar-refractivity contribution < 1.29 is 18.3 Å². The maximum absolute atomic E-state index is 12.4. The summed E-state index contributed by atoms with van der Waals surface area (Å²) in [6.45, 7) is 1.97. The average molecular weight is 246 g/mol. The van der Waals surface area contributed by atoms with Crippen molar-refractivity contribution in [2.24, 2.45) is 0 Å². The van der Waals surface area contributed by atoms with Gasteiger partial charge in [0.15, 0.2) is 0 Å². The Labute approximate surface area is 99.3 Å². The Kier molecular flexibility index (Phi) is 5.00. The highest BCUT2D eigenvalue weighted by Gasteiger charge is 2.30. The largest absolute Gasteiger partial charge is 0.416 e. The van der Waals surface area contributed by atoms with Crippen LogP contribution in [-0.2, 0) is 12.6 Å². The second-order valence-corrected chi connectivity index (χ2v) is 4.18. The van der Waals surface area contributed by atoms with Crippen LogP contribution in [0, 0.1) is 0 Å². The van der Waals surface area contributed by atoms with Crippen molar-refractivity contribution in [3.05, 3.63) is 35.4 Å². The normalized spacial score (nSPS) is 13.7. The highest BCUT2D eigenvalue weighted by atomic mass is 19.4. The van der Waals surface area contributed by atoms with E-state index in [1.807, 2.05) is 6.92 Å². The summed E-state index contributed by atoms with van der Waals surface area (Å²) in [5.41, 5.74) is -0.00467. The SMILES string of the molecule is CCCC(O)CCc1cccc(C(F)(F)F)c1. The molecule has 1 atom stereocenters. The smallest absolute Gasteiger partial charge is 0.393 e. The van der Waals surface area contributed by atoms with Crippen LogP contribution in [0.25, 0.3) is 0 Å². The van der Waals surface area contributed by atoms with E-state index < -0.39 is 17.8 Å². The Balaban J connectivity index is 2.60. The lowest BCUT2D eigenvalue weighted by atomic mass is 10.0. The van der Waals surface area contributed by atoms with Crippen molar-refractivity contribution in [3.8, 4) is 0 Å². The molecule has 0 aliphatic rings. The first-order valence-corrected chi connectivity index (χ1v) is 5.77. The van der Waals surface area contributed by atoms with Gasteiger partial charge in [-0.1, -0.05) is 31.5 Å². The van der Waals surface area contributed by atoms with Crippen LogP contribution in [0.4, 0.5) is 13.2 Å². The maximum Gasteiger partial charge on any atom is 0.416 e. The predicted molar refractivity (Wildman–Crippen MR) is 60.7 cm³/mol. The van der Waals surface area contributed by atoms with Crippen LogP contribution in [0.1, 0.15) is 37.3 Å². The molecule has 0 fully saturated rings. The molecule has 0 bridgehead atoms. The van der Waals surface area contributed by atoms with E-state index >= 15 is 0 Å². The van der Waals surface area contributed by atoms with E-state index in [2.05, 4.69) is 0 Å². The molecule has 0 aliphatic carbocycles. The Morgan fingerprint density at radius 1 is 1.24 bits per heavy atom. The molecular formula is C13H17F3O. The van der Waals surface area contributed by atoms with Crippen LogP contribution in [-0.4, -0.2) is 11.2 Å². The van der Waals surface area contributed by atoms with Crippen molar-refractivity contribution >= 4 is 0 Å². The molecule has 1 aromatic carbocycles. The maximum atomic E-state index is 12.4. The summed E-state index contributed by atoms with van der Waals surface area (Å²) in [4.78, 5) is 0. The van der Waals surface area contributed by atoms with Gasteiger partial charge in [-0.2, -0.15) is 13.2 Å². The third kappa shape index (κ3) is 4.77. The molecule has 1 nitrogen and oxygen atoms in total. The van der Waals surface area contributed by atoms with E-state index in [9.17, 15) is 18.3 Å². The lowest BCUT2D eigenvalue weighted by Gasteiger charge is -2.11. The average Bonchev–Trinajstić information content (AvgIpc) is 2.26. The minimum absolute atomic E-state index is 0.422. The van der Waals surface area contributed by atoms with Crippen molar-refractivity contribution in [1.29, 1.82) is 0 Å². The predicted octanol–water partition coefficient (Wildman–Crippen LogP) is 3.80. The summed E-state index contributed by atoms with van der Waals surface area (Å²) < 4.78 is 37.3. The van der Waals surface area contributed by atoms with E-state index in [0.29, 0.717) is 24.8 Å². The van der Waals surface area contributed by atoms with Gasteiger partial charge in [0.25, 0.3) is 0 Å². The Bertz CT molecular complexity index is 347. The number of hydrogen-bond donors (Lipinski definition) is 1. The minimum Gasteiger partial charge on any atom is -0.393 e. The standard InChI is InChI=1S/C13H17F3O/c1-2-4-12(17)8-7-10-5-3-6-11(9-10)13(14,15)16/h3,5-6,9,12,17H,2,4,7-8H2,1H3. The molecule has 1 aromatic rings. The van der Waals surface area contributed by atoms with E-state index in [4.69, 9.17) is 0 Å². The van der Waals surface area contributed by atoms with Gasteiger partial charge < -0.3 is 5.11 Å². The summed E-state index contributed by atoms with van der Waals surface area (Å²) in [5, 5.41) is 9.52. The van der Waals surface area contributed by atoms with Crippen molar-refractivity contribution in [2.75, 3.05) is 0 Å². The molecule has 0 saturated heterocycles. The first kappa shape index (κ1) is 14.0. The van der Waals surface area contributed by atoms with Gasteiger partial charge in [0.2, 0.25) is 0 Å². The van der Waals surface area contributed by atoms with Crippen molar-refractivity contribution in [2.45, 2.75) is 44.9 Å². The van der Waals surface area contributed by atoms with Gasteiger partial charge in [-0.3, -0.25) is 0 Å². The Morgan fingerprint density at radius 3 is 2.53 bits per heavy atom. The monoisotopic (exact) mass is 246 g/mol. The van der Waals surface area contributed by atoms with Gasteiger partial charge in [-0.15, -0.1) is 0 Å². The molecule has 4 heteroatoms. The second-order valence-electron chi connectivity index (χ2n) is 4.18. The lowest BCUT2D eigenvalue weighted by molar-refractivity contribution is -0.137.